The number of carbonyl (C=O) groups excluding carboxylic acids is 1. The number of halogens is 2. The third-order valence-electron chi connectivity index (χ3n) is 4.56. The Morgan fingerprint density at radius 3 is 2.52 bits per heavy atom. The zero-order valence-electron chi connectivity index (χ0n) is 15.5. The van der Waals surface area contributed by atoms with Crippen molar-refractivity contribution in [2.75, 3.05) is 26.2 Å². The van der Waals surface area contributed by atoms with E-state index in [2.05, 4.69) is 9.88 Å². The maximum atomic E-state index is 14.4. The smallest absolute Gasteiger partial charge is 0.225 e. The lowest BCUT2D eigenvalue weighted by Crippen LogP contribution is -2.49. The molecular weight excluding hydrogens is 352 g/mol. The Hall–Kier alpha value is -2.54. The Morgan fingerprint density at radius 2 is 1.89 bits per heavy atom. The minimum Gasteiger partial charge on any atom is -0.455 e. The van der Waals surface area contributed by atoms with Crippen LogP contribution in [0.25, 0.3) is 0 Å². The molecule has 0 aliphatic carbocycles. The molecule has 0 atom stereocenters. The largest absolute Gasteiger partial charge is 0.455 e. The second kappa shape index (κ2) is 8.43. The fraction of sp³-hybridized carbons (Fsp3) is 0.400. The average Bonchev–Trinajstić information content (AvgIpc) is 2.66. The first-order valence-corrected chi connectivity index (χ1v) is 9.02. The fourth-order valence-corrected chi connectivity index (χ4v) is 3.05. The van der Waals surface area contributed by atoms with Crippen molar-refractivity contribution in [1.82, 2.24) is 14.8 Å². The standard InChI is InChI=1S/C20H23F2N3O2/c1-14(2)20(26)25-10-8-24(9-11-25)13-16-17(21)4-3-5-18(16)27-15-6-7-19(22)23-12-15/h3-7,12,14H,8-11,13H2,1-2H3. The number of ether oxygens (including phenoxy) is 1. The van der Waals surface area contributed by atoms with Crippen LogP contribution in [0.4, 0.5) is 8.78 Å². The molecule has 144 valence electrons. The molecule has 1 aromatic heterocycles. The summed E-state index contributed by atoms with van der Waals surface area (Å²) in [5, 5.41) is 0. The molecule has 1 fully saturated rings. The molecule has 0 spiro atoms. The van der Waals surface area contributed by atoms with Crippen molar-refractivity contribution >= 4 is 5.91 Å². The number of pyridine rings is 1. The average molecular weight is 375 g/mol. The van der Waals surface area contributed by atoms with Gasteiger partial charge in [0.05, 0.1) is 6.20 Å². The van der Waals surface area contributed by atoms with Crippen LogP contribution in [0.15, 0.2) is 36.5 Å². The normalized spacial score (nSPS) is 15.2. The molecule has 1 amide bonds. The summed E-state index contributed by atoms with van der Waals surface area (Å²) in [6, 6.07) is 7.29. The van der Waals surface area contributed by atoms with Crippen molar-refractivity contribution in [3.05, 3.63) is 53.9 Å². The zero-order valence-corrected chi connectivity index (χ0v) is 15.5. The van der Waals surface area contributed by atoms with E-state index in [0.717, 1.165) is 0 Å². The first kappa shape index (κ1) is 19.2. The molecule has 0 unspecified atom stereocenters. The third-order valence-corrected chi connectivity index (χ3v) is 4.56. The van der Waals surface area contributed by atoms with Crippen LogP contribution in [0.1, 0.15) is 19.4 Å². The minimum atomic E-state index is -0.601. The quantitative estimate of drug-likeness (QED) is 0.751. The van der Waals surface area contributed by atoms with Crippen molar-refractivity contribution in [2.45, 2.75) is 20.4 Å². The molecule has 2 heterocycles. The second-order valence-corrected chi connectivity index (χ2v) is 6.89. The number of nitrogens with zero attached hydrogens (tertiary/aromatic N) is 3. The van der Waals surface area contributed by atoms with Crippen molar-refractivity contribution in [2.24, 2.45) is 5.92 Å². The highest BCUT2D eigenvalue weighted by Crippen LogP contribution is 2.28. The van der Waals surface area contributed by atoms with Gasteiger partial charge in [0, 0.05) is 44.2 Å². The number of hydrogen-bond donors (Lipinski definition) is 0. The van der Waals surface area contributed by atoms with Gasteiger partial charge in [0.25, 0.3) is 0 Å². The van der Waals surface area contributed by atoms with E-state index in [9.17, 15) is 13.6 Å². The molecular formula is C20H23F2N3O2. The molecule has 2 aromatic rings. The van der Waals surface area contributed by atoms with Gasteiger partial charge < -0.3 is 9.64 Å². The van der Waals surface area contributed by atoms with Gasteiger partial charge in [0.15, 0.2) is 0 Å². The molecule has 27 heavy (non-hydrogen) atoms. The van der Waals surface area contributed by atoms with Gasteiger partial charge in [-0.1, -0.05) is 19.9 Å². The van der Waals surface area contributed by atoms with E-state index in [1.54, 1.807) is 12.1 Å². The van der Waals surface area contributed by atoms with Crippen molar-refractivity contribution in [3.63, 3.8) is 0 Å². The van der Waals surface area contributed by atoms with Crippen LogP contribution in [0.5, 0.6) is 11.5 Å². The molecule has 1 saturated heterocycles. The van der Waals surface area contributed by atoms with E-state index in [4.69, 9.17) is 4.74 Å². The van der Waals surface area contributed by atoms with Gasteiger partial charge in [0.2, 0.25) is 11.9 Å². The Labute approximate surface area is 157 Å². The maximum absolute atomic E-state index is 14.4. The summed E-state index contributed by atoms with van der Waals surface area (Å²) >= 11 is 0. The summed E-state index contributed by atoms with van der Waals surface area (Å²) in [7, 11) is 0. The lowest BCUT2D eigenvalue weighted by Gasteiger charge is -2.35. The summed E-state index contributed by atoms with van der Waals surface area (Å²) < 4.78 is 33.1. The molecule has 1 aliphatic heterocycles. The number of rotatable bonds is 5. The van der Waals surface area contributed by atoms with Crippen LogP contribution in [0, 0.1) is 17.7 Å². The van der Waals surface area contributed by atoms with Crippen LogP contribution >= 0.6 is 0 Å². The summed E-state index contributed by atoms with van der Waals surface area (Å²) in [6.07, 6.45) is 1.26. The van der Waals surface area contributed by atoms with Gasteiger partial charge in [-0.3, -0.25) is 9.69 Å². The molecule has 0 radical (unpaired) electrons. The second-order valence-electron chi connectivity index (χ2n) is 6.89. The number of hydrogen-bond acceptors (Lipinski definition) is 4. The number of aromatic nitrogens is 1. The molecule has 5 nitrogen and oxygen atoms in total. The Balaban J connectivity index is 1.68. The lowest BCUT2D eigenvalue weighted by molar-refractivity contribution is -0.136. The van der Waals surface area contributed by atoms with E-state index in [1.165, 1.54) is 24.4 Å². The van der Waals surface area contributed by atoms with Crippen molar-refractivity contribution in [1.29, 1.82) is 0 Å². The SMILES string of the molecule is CC(C)C(=O)N1CCN(Cc2c(F)cccc2Oc2ccc(F)nc2)CC1. The zero-order chi connectivity index (χ0) is 19.4. The summed E-state index contributed by atoms with van der Waals surface area (Å²) in [4.78, 5) is 19.6. The van der Waals surface area contributed by atoms with Crippen LogP contribution in [0.2, 0.25) is 0 Å². The topological polar surface area (TPSA) is 45.7 Å². The Morgan fingerprint density at radius 1 is 1.15 bits per heavy atom. The van der Waals surface area contributed by atoms with Gasteiger partial charge in [-0.25, -0.2) is 9.37 Å². The highest BCUT2D eigenvalue weighted by atomic mass is 19.1. The van der Waals surface area contributed by atoms with E-state index in [-0.39, 0.29) is 17.6 Å². The first-order valence-electron chi connectivity index (χ1n) is 9.02. The molecule has 3 rings (SSSR count). The fourth-order valence-electron chi connectivity index (χ4n) is 3.05. The first-order chi connectivity index (χ1) is 12.9. The van der Waals surface area contributed by atoms with Crippen LogP contribution in [-0.2, 0) is 11.3 Å². The van der Waals surface area contributed by atoms with Gasteiger partial charge in [-0.2, -0.15) is 4.39 Å². The lowest BCUT2D eigenvalue weighted by atomic mass is 10.1. The van der Waals surface area contributed by atoms with Gasteiger partial charge >= 0.3 is 0 Å². The predicted molar refractivity (Wildman–Crippen MR) is 97.4 cm³/mol. The van der Waals surface area contributed by atoms with E-state index in [0.29, 0.717) is 49.8 Å². The third kappa shape index (κ3) is 4.80. The number of benzene rings is 1. The van der Waals surface area contributed by atoms with Crippen molar-refractivity contribution in [3.8, 4) is 11.5 Å². The minimum absolute atomic E-state index is 0.0209. The van der Waals surface area contributed by atoms with Crippen molar-refractivity contribution < 1.29 is 18.3 Å². The monoisotopic (exact) mass is 375 g/mol. The highest BCUT2D eigenvalue weighted by Gasteiger charge is 2.24. The van der Waals surface area contributed by atoms with Crippen LogP contribution < -0.4 is 4.74 Å². The highest BCUT2D eigenvalue weighted by molar-refractivity contribution is 5.78. The van der Waals surface area contributed by atoms with Gasteiger partial charge in [0.1, 0.15) is 17.3 Å². The number of amides is 1. The van der Waals surface area contributed by atoms with E-state index >= 15 is 0 Å². The maximum Gasteiger partial charge on any atom is 0.225 e. The number of carbonyl (C=O) groups is 1. The molecule has 1 aliphatic rings. The molecule has 0 saturated carbocycles. The molecule has 0 bridgehead atoms. The molecule has 7 heteroatoms. The summed E-state index contributed by atoms with van der Waals surface area (Å²) in [6.45, 7) is 6.76. The van der Waals surface area contributed by atoms with Crippen LogP contribution in [0.3, 0.4) is 0 Å². The predicted octanol–water partition coefficient (Wildman–Crippen LogP) is 3.45. The summed E-state index contributed by atoms with van der Waals surface area (Å²) in [5.41, 5.74) is 0.436. The Kier molecular flexibility index (Phi) is 6.01. The molecule has 1 aromatic carbocycles. The van der Waals surface area contributed by atoms with E-state index in [1.807, 2.05) is 18.7 Å². The van der Waals surface area contributed by atoms with Gasteiger partial charge in [-0.05, 0) is 24.3 Å². The summed E-state index contributed by atoms with van der Waals surface area (Å²) in [5.74, 6) is -0.112. The van der Waals surface area contributed by atoms with Gasteiger partial charge in [-0.15, -0.1) is 0 Å². The Bertz CT molecular complexity index is 788. The van der Waals surface area contributed by atoms with Crippen LogP contribution in [-0.4, -0.2) is 46.9 Å². The number of piperazine rings is 1. The molecule has 0 N–H and O–H groups in total. The van der Waals surface area contributed by atoms with E-state index < -0.39 is 5.95 Å².